The van der Waals surface area contributed by atoms with Crippen LogP contribution in [-0.4, -0.2) is 33.8 Å². The van der Waals surface area contributed by atoms with Crippen LogP contribution >= 0.6 is 0 Å². The molecule has 1 aliphatic rings. The van der Waals surface area contributed by atoms with Crippen LogP contribution < -0.4 is 5.32 Å². The van der Waals surface area contributed by atoms with Gasteiger partial charge in [-0.2, -0.15) is 5.10 Å². The zero-order chi connectivity index (χ0) is 15.3. The molecule has 0 aliphatic heterocycles. The number of nitrogens with one attached hydrogen (secondary N) is 1. The minimum atomic E-state index is -0.868. The first-order valence-corrected chi connectivity index (χ1v) is 7.57. The molecule has 0 bridgehead atoms. The Morgan fingerprint density at radius 2 is 2.10 bits per heavy atom. The third kappa shape index (κ3) is 3.43. The molecule has 1 atom stereocenters. The third-order valence-electron chi connectivity index (χ3n) is 4.04. The molecule has 1 aromatic heterocycles. The van der Waals surface area contributed by atoms with Gasteiger partial charge in [0.15, 0.2) is 0 Å². The van der Waals surface area contributed by atoms with Gasteiger partial charge in [-0.05, 0) is 32.8 Å². The molecular weight excluding hydrogens is 270 g/mol. The van der Waals surface area contributed by atoms with Gasteiger partial charge in [-0.15, -0.1) is 0 Å². The van der Waals surface area contributed by atoms with E-state index in [0.29, 0.717) is 19.4 Å². The van der Waals surface area contributed by atoms with E-state index in [0.717, 1.165) is 19.3 Å². The Bertz CT molecular complexity index is 478. The van der Waals surface area contributed by atoms with Crippen LogP contribution in [-0.2, 0) is 14.3 Å². The lowest BCUT2D eigenvalue weighted by Crippen LogP contribution is -2.57. The quantitative estimate of drug-likeness (QED) is 0.841. The predicted molar refractivity (Wildman–Crippen MR) is 77.5 cm³/mol. The molecule has 2 rings (SSSR count). The van der Waals surface area contributed by atoms with E-state index in [9.17, 15) is 9.59 Å². The van der Waals surface area contributed by atoms with E-state index < -0.39 is 11.6 Å². The molecule has 0 spiro atoms. The minimum absolute atomic E-state index is 0.200. The summed E-state index contributed by atoms with van der Waals surface area (Å²) in [5.41, 5.74) is -0.868. The zero-order valence-electron chi connectivity index (χ0n) is 12.7. The Kier molecular flexibility index (Phi) is 4.98. The highest BCUT2D eigenvalue weighted by atomic mass is 16.5. The lowest BCUT2D eigenvalue weighted by atomic mass is 9.81. The molecule has 1 unspecified atom stereocenters. The van der Waals surface area contributed by atoms with Gasteiger partial charge in [-0.3, -0.25) is 9.48 Å². The highest BCUT2D eigenvalue weighted by Gasteiger charge is 2.43. The largest absolute Gasteiger partial charge is 0.464 e. The van der Waals surface area contributed by atoms with Crippen molar-refractivity contribution < 1.29 is 14.3 Å². The fourth-order valence-electron chi connectivity index (χ4n) is 2.77. The summed E-state index contributed by atoms with van der Waals surface area (Å²) >= 11 is 0. The number of hydrogen-bond acceptors (Lipinski definition) is 4. The molecule has 1 fully saturated rings. The van der Waals surface area contributed by atoms with Gasteiger partial charge < -0.3 is 10.1 Å². The van der Waals surface area contributed by atoms with E-state index in [1.807, 2.05) is 0 Å². The number of carbonyl (C=O) groups excluding carboxylic acids is 2. The Morgan fingerprint density at radius 3 is 2.67 bits per heavy atom. The molecule has 0 saturated heterocycles. The van der Waals surface area contributed by atoms with Crippen LogP contribution in [0.15, 0.2) is 18.5 Å². The fraction of sp³-hybridized carbons (Fsp3) is 0.667. The van der Waals surface area contributed by atoms with Gasteiger partial charge in [0.05, 0.1) is 6.61 Å². The van der Waals surface area contributed by atoms with Gasteiger partial charge in [-0.1, -0.05) is 19.3 Å². The molecule has 6 nitrogen and oxygen atoms in total. The van der Waals surface area contributed by atoms with Gasteiger partial charge in [0.25, 0.3) is 0 Å². The van der Waals surface area contributed by atoms with Crippen molar-refractivity contribution in [1.82, 2.24) is 15.1 Å². The van der Waals surface area contributed by atoms with Crippen LogP contribution in [0.5, 0.6) is 0 Å². The molecule has 116 valence electrons. The van der Waals surface area contributed by atoms with Crippen molar-refractivity contribution in [3.8, 4) is 0 Å². The summed E-state index contributed by atoms with van der Waals surface area (Å²) in [6.45, 7) is 3.87. The third-order valence-corrected chi connectivity index (χ3v) is 4.04. The first-order chi connectivity index (χ1) is 10.1. The maximum Gasteiger partial charge on any atom is 0.331 e. The number of carbonyl (C=O) groups is 2. The first kappa shape index (κ1) is 15.5. The highest BCUT2D eigenvalue weighted by molar-refractivity contribution is 5.89. The number of ether oxygens (including phenoxy) is 1. The second-order valence-electron chi connectivity index (χ2n) is 5.51. The number of amides is 1. The molecule has 1 heterocycles. The summed E-state index contributed by atoms with van der Waals surface area (Å²) < 4.78 is 6.76. The van der Waals surface area contributed by atoms with Crippen LogP contribution in [0, 0.1) is 0 Å². The number of rotatable bonds is 5. The van der Waals surface area contributed by atoms with Crippen molar-refractivity contribution in [3.05, 3.63) is 18.5 Å². The molecule has 6 heteroatoms. The van der Waals surface area contributed by atoms with E-state index in [4.69, 9.17) is 4.74 Å². The van der Waals surface area contributed by atoms with E-state index >= 15 is 0 Å². The Morgan fingerprint density at radius 1 is 1.38 bits per heavy atom. The van der Waals surface area contributed by atoms with Crippen LogP contribution in [0.3, 0.4) is 0 Å². The molecule has 0 aromatic carbocycles. The average Bonchev–Trinajstić information content (AvgIpc) is 3.01. The predicted octanol–water partition coefficient (Wildman–Crippen LogP) is 1.83. The first-order valence-electron chi connectivity index (χ1n) is 7.57. The molecule has 0 radical (unpaired) electrons. The van der Waals surface area contributed by atoms with Crippen molar-refractivity contribution in [2.24, 2.45) is 0 Å². The lowest BCUT2D eigenvalue weighted by Gasteiger charge is -2.36. The maximum atomic E-state index is 12.4. The van der Waals surface area contributed by atoms with E-state index in [1.54, 1.807) is 37.0 Å². The van der Waals surface area contributed by atoms with E-state index in [-0.39, 0.29) is 11.9 Å². The van der Waals surface area contributed by atoms with Gasteiger partial charge >= 0.3 is 5.97 Å². The summed E-state index contributed by atoms with van der Waals surface area (Å²) in [5, 5.41) is 7.00. The molecule has 1 aromatic rings. The van der Waals surface area contributed by atoms with Gasteiger partial charge in [0, 0.05) is 12.4 Å². The number of nitrogens with zero attached hydrogens (tertiary/aromatic N) is 2. The number of hydrogen-bond donors (Lipinski definition) is 1. The summed E-state index contributed by atoms with van der Waals surface area (Å²) in [5.74, 6) is -0.514. The second-order valence-corrected chi connectivity index (χ2v) is 5.51. The van der Waals surface area contributed by atoms with Crippen molar-refractivity contribution >= 4 is 11.9 Å². The summed E-state index contributed by atoms with van der Waals surface area (Å²) in [6.07, 6.45) is 7.59. The van der Waals surface area contributed by atoms with Gasteiger partial charge in [0.1, 0.15) is 11.6 Å². The smallest absolute Gasteiger partial charge is 0.331 e. The highest BCUT2D eigenvalue weighted by Crippen LogP contribution is 2.30. The van der Waals surface area contributed by atoms with Crippen molar-refractivity contribution in [3.63, 3.8) is 0 Å². The van der Waals surface area contributed by atoms with Crippen LogP contribution in [0.2, 0.25) is 0 Å². The SMILES string of the molecule is CCOC(=O)C1(NC(=O)C(C)n2cccn2)CCCCC1. The van der Waals surface area contributed by atoms with Gasteiger partial charge in [0.2, 0.25) is 5.91 Å². The number of esters is 1. The van der Waals surface area contributed by atoms with Crippen molar-refractivity contribution in [2.45, 2.75) is 57.5 Å². The summed E-state index contributed by atoms with van der Waals surface area (Å²) in [6, 6.07) is 1.32. The van der Waals surface area contributed by atoms with Crippen LogP contribution in [0.25, 0.3) is 0 Å². The van der Waals surface area contributed by atoms with Crippen LogP contribution in [0.1, 0.15) is 52.0 Å². The molecule has 21 heavy (non-hydrogen) atoms. The lowest BCUT2D eigenvalue weighted by molar-refractivity contribution is -0.155. The molecule has 1 amide bonds. The standard InChI is InChI=1S/C15H23N3O3/c1-3-21-14(20)15(8-5-4-6-9-15)17-13(19)12(2)18-11-7-10-16-18/h7,10-12H,3-6,8-9H2,1-2H3,(H,17,19). The van der Waals surface area contributed by atoms with Gasteiger partial charge in [-0.25, -0.2) is 4.79 Å². The van der Waals surface area contributed by atoms with E-state index in [1.165, 1.54) is 0 Å². The van der Waals surface area contributed by atoms with Crippen molar-refractivity contribution in [2.75, 3.05) is 6.61 Å². The van der Waals surface area contributed by atoms with E-state index in [2.05, 4.69) is 10.4 Å². The summed E-state index contributed by atoms with van der Waals surface area (Å²) in [7, 11) is 0. The van der Waals surface area contributed by atoms with Crippen LogP contribution in [0.4, 0.5) is 0 Å². The molecule has 1 saturated carbocycles. The Labute approximate surface area is 124 Å². The normalized spacial score (nSPS) is 18.8. The average molecular weight is 293 g/mol. The Hall–Kier alpha value is -1.85. The maximum absolute atomic E-state index is 12.4. The molecule has 1 aliphatic carbocycles. The monoisotopic (exact) mass is 293 g/mol. The second kappa shape index (κ2) is 6.74. The Balaban J connectivity index is 2.11. The molecule has 1 N–H and O–H groups in total. The zero-order valence-corrected chi connectivity index (χ0v) is 12.7. The topological polar surface area (TPSA) is 73.2 Å². The summed E-state index contributed by atoms with van der Waals surface area (Å²) in [4.78, 5) is 24.7. The molecular formula is C15H23N3O3. The fourth-order valence-corrected chi connectivity index (χ4v) is 2.77. The number of aromatic nitrogens is 2. The minimum Gasteiger partial charge on any atom is -0.464 e. The van der Waals surface area contributed by atoms with Crippen molar-refractivity contribution in [1.29, 1.82) is 0 Å².